The summed E-state index contributed by atoms with van der Waals surface area (Å²) in [5, 5.41) is 11.3. The largest absolute Gasteiger partial charge is 0.545 e. The van der Waals surface area contributed by atoms with Crippen molar-refractivity contribution in [1.29, 1.82) is 0 Å². The third kappa shape index (κ3) is 2.45. The first-order chi connectivity index (χ1) is 9.04. The van der Waals surface area contributed by atoms with Crippen molar-refractivity contribution >= 4 is 5.97 Å². The number of carbonyl (C=O) groups is 1. The van der Waals surface area contributed by atoms with Crippen LogP contribution in [0.1, 0.15) is 28.8 Å². The Morgan fingerprint density at radius 2 is 2.00 bits per heavy atom. The number of aromatic nitrogens is 2. The first kappa shape index (κ1) is 13.1. The maximum absolute atomic E-state index is 13.8. The van der Waals surface area contributed by atoms with Gasteiger partial charge in [0, 0.05) is 11.1 Å². The molecule has 0 N–H and O–H groups in total. The quantitative estimate of drug-likeness (QED) is 0.838. The van der Waals surface area contributed by atoms with Crippen LogP contribution in [0.25, 0.3) is 11.3 Å². The van der Waals surface area contributed by atoms with Gasteiger partial charge >= 0.3 is 0 Å². The third-order valence-electron chi connectivity index (χ3n) is 2.76. The van der Waals surface area contributed by atoms with Gasteiger partial charge in [-0.15, -0.1) is 0 Å². The van der Waals surface area contributed by atoms with Gasteiger partial charge in [-0.25, -0.2) is 14.4 Å². The normalized spacial score (nSPS) is 10.5. The topological polar surface area (TPSA) is 65.9 Å². The number of benzene rings is 1. The van der Waals surface area contributed by atoms with Crippen LogP contribution in [0.2, 0.25) is 0 Å². The molecule has 0 amide bonds. The maximum Gasteiger partial charge on any atom is 0.132 e. The maximum atomic E-state index is 13.8. The first-order valence-electron chi connectivity index (χ1n) is 5.88. The van der Waals surface area contributed by atoms with Crippen LogP contribution >= 0.6 is 0 Å². The Labute approximate surface area is 110 Å². The Morgan fingerprint density at radius 3 is 2.58 bits per heavy atom. The summed E-state index contributed by atoms with van der Waals surface area (Å²) in [5.41, 5.74) is 0.424. The highest BCUT2D eigenvalue weighted by atomic mass is 19.1. The van der Waals surface area contributed by atoms with Gasteiger partial charge in [0.15, 0.2) is 0 Å². The van der Waals surface area contributed by atoms with Crippen LogP contribution in [-0.2, 0) is 6.42 Å². The van der Waals surface area contributed by atoms with Crippen molar-refractivity contribution in [3.63, 3.8) is 0 Å². The van der Waals surface area contributed by atoms with Gasteiger partial charge in [-0.3, -0.25) is 0 Å². The number of aromatic carboxylic acids is 1. The zero-order chi connectivity index (χ0) is 14.0. The van der Waals surface area contributed by atoms with Gasteiger partial charge in [0.1, 0.15) is 11.6 Å². The van der Waals surface area contributed by atoms with Crippen molar-refractivity contribution in [3.8, 4) is 11.3 Å². The number of nitrogens with zero attached hydrogens (tertiary/aromatic N) is 2. The van der Waals surface area contributed by atoms with E-state index in [1.807, 2.05) is 0 Å². The van der Waals surface area contributed by atoms with E-state index in [9.17, 15) is 14.3 Å². The van der Waals surface area contributed by atoms with E-state index in [0.29, 0.717) is 17.9 Å². The lowest BCUT2D eigenvalue weighted by atomic mass is 10.0. The molecule has 0 spiro atoms. The SMILES string of the molecule is CCc1nc(C)nc(-c2ccccc2F)c1C(=O)[O-]. The molecular formula is C14H12FN2O2-. The standard InChI is InChI=1S/C14H13FN2O2/c1-3-11-12(14(18)19)13(17-8(2)16-11)9-6-4-5-7-10(9)15/h4-7H,3H2,1-2H3,(H,18,19)/p-1. The number of hydrogen-bond acceptors (Lipinski definition) is 4. The van der Waals surface area contributed by atoms with Crippen molar-refractivity contribution in [2.75, 3.05) is 0 Å². The fraction of sp³-hybridized carbons (Fsp3) is 0.214. The molecule has 0 unspecified atom stereocenters. The predicted octanol–water partition coefficient (Wildman–Crippen LogP) is 1.52. The second kappa shape index (κ2) is 5.14. The molecule has 0 fully saturated rings. The molecule has 0 bridgehead atoms. The zero-order valence-corrected chi connectivity index (χ0v) is 10.6. The Morgan fingerprint density at radius 1 is 1.32 bits per heavy atom. The first-order valence-corrected chi connectivity index (χ1v) is 5.88. The number of halogens is 1. The lowest BCUT2D eigenvalue weighted by molar-refractivity contribution is -0.255. The highest BCUT2D eigenvalue weighted by Crippen LogP contribution is 2.26. The van der Waals surface area contributed by atoms with Gasteiger partial charge in [0.2, 0.25) is 0 Å². The van der Waals surface area contributed by atoms with Crippen LogP contribution < -0.4 is 5.11 Å². The van der Waals surface area contributed by atoms with Crippen LogP contribution in [0, 0.1) is 12.7 Å². The van der Waals surface area contributed by atoms with Gasteiger partial charge in [-0.2, -0.15) is 0 Å². The van der Waals surface area contributed by atoms with E-state index < -0.39 is 11.8 Å². The Hall–Kier alpha value is -2.30. The summed E-state index contributed by atoms with van der Waals surface area (Å²) in [7, 11) is 0. The smallest absolute Gasteiger partial charge is 0.132 e. The van der Waals surface area contributed by atoms with Crippen LogP contribution in [0.5, 0.6) is 0 Å². The average molecular weight is 259 g/mol. The van der Waals surface area contributed by atoms with Gasteiger partial charge in [-0.05, 0) is 25.5 Å². The summed E-state index contributed by atoms with van der Waals surface area (Å²) >= 11 is 0. The van der Waals surface area contributed by atoms with Gasteiger partial charge in [-0.1, -0.05) is 19.1 Å². The van der Waals surface area contributed by atoms with Crippen LogP contribution in [0.15, 0.2) is 24.3 Å². The molecule has 2 aromatic rings. The van der Waals surface area contributed by atoms with Gasteiger partial charge < -0.3 is 9.90 Å². The molecule has 0 radical (unpaired) electrons. The number of aryl methyl sites for hydroxylation is 2. The Bertz CT molecular complexity index is 641. The van der Waals surface area contributed by atoms with Crippen molar-refractivity contribution in [1.82, 2.24) is 9.97 Å². The number of carboxylic acid groups (broad SMARTS) is 1. The molecule has 4 nitrogen and oxygen atoms in total. The highest BCUT2D eigenvalue weighted by molar-refractivity contribution is 5.94. The minimum atomic E-state index is -1.39. The molecule has 1 aromatic heterocycles. The molecule has 19 heavy (non-hydrogen) atoms. The van der Waals surface area contributed by atoms with E-state index in [1.54, 1.807) is 19.9 Å². The van der Waals surface area contributed by atoms with E-state index in [1.165, 1.54) is 18.2 Å². The molecule has 98 valence electrons. The highest BCUT2D eigenvalue weighted by Gasteiger charge is 2.17. The molecule has 0 aliphatic rings. The second-order valence-electron chi connectivity index (χ2n) is 4.06. The van der Waals surface area contributed by atoms with Gasteiger partial charge in [0.05, 0.1) is 17.4 Å². The zero-order valence-electron chi connectivity index (χ0n) is 10.6. The molecular weight excluding hydrogens is 247 g/mol. The van der Waals surface area contributed by atoms with Crippen LogP contribution in [0.4, 0.5) is 4.39 Å². The van der Waals surface area contributed by atoms with Crippen molar-refractivity contribution in [2.24, 2.45) is 0 Å². The molecule has 1 heterocycles. The number of carbonyl (C=O) groups excluding carboxylic acids is 1. The van der Waals surface area contributed by atoms with E-state index in [2.05, 4.69) is 9.97 Å². The Kier molecular flexibility index (Phi) is 3.55. The average Bonchev–Trinajstić information content (AvgIpc) is 2.37. The number of rotatable bonds is 3. The summed E-state index contributed by atoms with van der Waals surface area (Å²) in [6.07, 6.45) is 0.411. The summed E-state index contributed by atoms with van der Waals surface area (Å²) < 4.78 is 13.8. The summed E-state index contributed by atoms with van der Waals surface area (Å²) in [5.74, 6) is -1.51. The molecule has 0 saturated carbocycles. The minimum Gasteiger partial charge on any atom is -0.545 e. The van der Waals surface area contributed by atoms with Crippen molar-refractivity contribution in [3.05, 3.63) is 47.2 Å². The fourth-order valence-electron chi connectivity index (χ4n) is 1.95. The minimum absolute atomic E-state index is 0.0717. The van der Waals surface area contributed by atoms with E-state index >= 15 is 0 Å². The Balaban J connectivity index is 2.79. The molecule has 0 saturated heterocycles. The molecule has 2 rings (SSSR count). The van der Waals surface area contributed by atoms with E-state index in [4.69, 9.17) is 0 Å². The van der Waals surface area contributed by atoms with E-state index in [0.717, 1.165) is 0 Å². The van der Waals surface area contributed by atoms with Crippen molar-refractivity contribution < 1.29 is 14.3 Å². The molecule has 1 aromatic carbocycles. The van der Waals surface area contributed by atoms with Crippen molar-refractivity contribution in [2.45, 2.75) is 20.3 Å². The number of carboxylic acids is 1. The lowest BCUT2D eigenvalue weighted by Crippen LogP contribution is -2.26. The summed E-state index contributed by atoms with van der Waals surface area (Å²) in [6.45, 7) is 3.42. The molecule has 5 heteroatoms. The molecule has 0 aliphatic carbocycles. The second-order valence-corrected chi connectivity index (χ2v) is 4.06. The van der Waals surface area contributed by atoms with E-state index in [-0.39, 0.29) is 16.8 Å². The number of hydrogen-bond donors (Lipinski definition) is 0. The fourth-order valence-corrected chi connectivity index (χ4v) is 1.95. The van der Waals surface area contributed by atoms with Crippen LogP contribution in [0.3, 0.4) is 0 Å². The third-order valence-corrected chi connectivity index (χ3v) is 2.76. The predicted molar refractivity (Wildman–Crippen MR) is 65.9 cm³/mol. The van der Waals surface area contributed by atoms with Crippen LogP contribution in [-0.4, -0.2) is 15.9 Å². The summed E-state index contributed by atoms with van der Waals surface area (Å²) in [4.78, 5) is 19.4. The monoisotopic (exact) mass is 259 g/mol. The molecule has 0 aliphatic heterocycles. The molecule has 0 atom stereocenters. The lowest BCUT2D eigenvalue weighted by Gasteiger charge is -2.14. The summed E-state index contributed by atoms with van der Waals surface area (Å²) in [6, 6.07) is 5.91. The van der Waals surface area contributed by atoms with Gasteiger partial charge in [0.25, 0.3) is 0 Å².